The molecular formula is C10H16O. The molecule has 0 heterocycles. The summed E-state index contributed by atoms with van der Waals surface area (Å²) in [7, 11) is 0. The molecule has 0 amide bonds. The normalized spacial score (nSPS) is 46.8. The fraction of sp³-hybridized carbons (Fsp3) is 0.900. The highest BCUT2D eigenvalue weighted by Crippen LogP contribution is 2.58. The quantitative estimate of drug-likeness (QED) is 0.520. The molecule has 2 bridgehead atoms. The number of carbonyl (C=O) groups is 1. The van der Waals surface area contributed by atoms with E-state index in [4.69, 9.17) is 0 Å². The molecular weight excluding hydrogens is 136 g/mol. The first kappa shape index (κ1) is 7.33. The summed E-state index contributed by atoms with van der Waals surface area (Å²) in [6, 6.07) is 0. The second-order valence-electron chi connectivity index (χ2n) is 4.88. The number of carbonyl (C=O) groups excluding carboxylic acids is 1. The second-order valence-corrected chi connectivity index (χ2v) is 4.88. The van der Waals surface area contributed by atoms with Crippen LogP contribution < -0.4 is 0 Å². The van der Waals surface area contributed by atoms with Crippen LogP contribution in [0.4, 0.5) is 0 Å². The van der Waals surface area contributed by atoms with Crippen molar-refractivity contribution in [3.05, 3.63) is 0 Å². The predicted molar refractivity (Wildman–Crippen MR) is 44.2 cm³/mol. The van der Waals surface area contributed by atoms with Crippen LogP contribution in [0.3, 0.4) is 0 Å². The van der Waals surface area contributed by atoms with E-state index < -0.39 is 0 Å². The van der Waals surface area contributed by atoms with Crippen molar-refractivity contribution in [2.45, 2.75) is 33.6 Å². The summed E-state index contributed by atoms with van der Waals surface area (Å²) in [5.41, 5.74) is 0.316. The average molecular weight is 152 g/mol. The molecule has 3 unspecified atom stereocenters. The van der Waals surface area contributed by atoms with Gasteiger partial charge in [0.05, 0.1) is 0 Å². The van der Waals surface area contributed by atoms with Crippen LogP contribution in [-0.4, -0.2) is 5.78 Å². The minimum Gasteiger partial charge on any atom is -0.299 e. The molecule has 1 nitrogen and oxygen atoms in total. The van der Waals surface area contributed by atoms with E-state index in [0.717, 1.165) is 6.42 Å². The molecule has 0 spiro atoms. The first-order chi connectivity index (χ1) is 5.03. The van der Waals surface area contributed by atoms with Gasteiger partial charge in [-0.3, -0.25) is 4.79 Å². The van der Waals surface area contributed by atoms with Gasteiger partial charge in [0.15, 0.2) is 0 Å². The van der Waals surface area contributed by atoms with E-state index in [1.165, 1.54) is 6.42 Å². The zero-order valence-electron chi connectivity index (χ0n) is 7.55. The maximum atomic E-state index is 11.5. The Morgan fingerprint density at radius 2 is 2.09 bits per heavy atom. The Balaban J connectivity index is 2.37. The van der Waals surface area contributed by atoms with Gasteiger partial charge in [-0.2, -0.15) is 0 Å². The lowest BCUT2D eigenvalue weighted by atomic mass is 9.80. The molecule has 0 aliphatic heterocycles. The molecule has 0 saturated heterocycles. The molecule has 2 aliphatic rings. The van der Waals surface area contributed by atoms with Crippen molar-refractivity contribution in [1.29, 1.82) is 0 Å². The summed E-state index contributed by atoms with van der Waals surface area (Å²) in [4.78, 5) is 11.5. The molecule has 0 radical (unpaired) electrons. The smallest absolute Gasteiger partial charge is 0.137 e. The van der Waals surface area contributed by atoms with Crippen LogP contribution in [0.25, 0.3) is 0 Å². The van der Waals surface area contributed by atoms with Crippen LogP contribution in [0.15, 0.2) is 0 Å². The van der Waals surface area contributed by atoms with Crippen molar-refractivity contribution in [3.8, 4) is 0 Å². The lowest BCUT2D eigenvalue weighted by Gasteiger charge is -2.23. The van der Waals surface area contributed by atoms with Crippen molar-refractivity contribution in [2.24, 2.45) is 23.2 Å². The Labute approximate surface area is 68.2 Å². The lowest BCUT2D eigenvalue weighted by molar-refractivity contribution is -0.123. The molecule has 0 aromatic carbocycles. The third kappa shape index (κ3) is 0.743. The van der Waals surface area contributed by atoms with Gasteiger partial charge in [0.2, 0.25) is 0 Å². The van der Waals surface area contributed by atoms with Crippen molar-refractivity contribution in [1.82, 2.24) is 0 Å². The predicted octanol–water partition coefficient (Wildman–Crippen LogP) is 2.26. The highest BCUT2D eigenvalue weighted by atomic mass is 16.1. The van der Waals surface area contributed by atoms with Crippen molar-refractivity contribution in [3.63, 3.8) is 0 Å². The van der Waals surface area contributed by atoms with Gasteiger partial charge in [-0.15, -0.1) is 0 Å². The Hall–Kier alpha value is -0.330. The standard InChI is InChI=1S/C10H16O/c1-6-4-7-5-8(11)9(6)10(7,2)3/h6-7,9H,4-5H2,1-3H3. The van der Waals surface area contributed by atoms with Crippen LogP contribution >= 0.6 is 0 Å². The molecule has 0 N–H and O–H groups in total. The fourth-order valence-corrected chi connectivity index (χ4v) is 3.32. The van der Waals surface area contributed by atoms with E-state index in [1.54, 1.807) is 0 Å². The zero-order valence-corrected chi connectivity index (χ0v) is 7.55. The van der Waals surface area contributed by atoms with E-state index in [0.29, 0.717) is 29.0 Å². The molecule has 2 fully saturated rings. The van der Waals surface area contributed by atoms with Crippen LogP contribution in [0, 0.1) is 23.2 Å². The number of hydrogen-bond acceptors (Lipinski definition) is 1. The van der Waals surface area contributed by atoms with Crippen molar-refractivity contribution >= 4 is 5.78 Å². The van der Waals surface area contributed by atoms with E-state index in [1.807, 2.05) is 0 Å². The van der Waals surface area contributed by atoms with Gasteiger partial charge in [-0.05, 0) is 23.7 Å². The van der Waals surface area contributed by atoms with E-state index in [-0.39, 0.29) is 0 Å². The molecule has 62 valence electrons. The second kappa shape index (κ2) is 1.88. The number of ketones is 1. The first-order valence-corrected chi connectivity index (χ1v) is 4.56. The summed E-state index contributed by atoms with van der Waals surface area (Å²) >= 11 is 0. The maximum Gasteiger partial charge on any atom is 0.137 e. The van der Waals surface area contributed by atoms with Crippen LogP contribution in [-0.2, 0) is 4.79 Å². The zero-order chi connectivity index (χ0) is 8.22. The topological polar surface area (TPSA) is 17.1 Å². The summed E-state index contributed by atoms with van der Waals surface area (Å²) in [6.07, 6.45) is 2.14. The number of rotatable bonds is 0. The molecule has 2 aliphatic carbocycles. The minimum absolute atomic E-state index is 0.316. The monoisotopic (exact) mass is 152 g/mol. The summed E-state index contributed by atoms with van der Waals surface area (Å²) in [6.45, 7) is 6.75. The summed E-state index contributed by atoms with van der Waals surface area (Å²) < 4.78 is 0. The maximum absolute atomic E-state index is 11.5. The van der Waals surface area contributed by atoms with Gasteiger partial charge in [0.1, 0.15) is 5.78 Å². The molecule has 11 heavy (non-hydrogen) atoms. The highest BCUT2D eigenvalue weighted by Gasteiger charge is 2.56. The molecule has 1 heteroatoms. The molecule has 0 aromatic heterocycles. The SMILES string of the molecule is CC1CC2CC(=O)C1C2(C)C. The Morgan fingerprint density at radius 3 is 2.36 bits per heavy atom. The van der Waals surface area contributed by atoms with Crippen molar-refractivity contribution in [2.75, 3.05) is 0 Å². The number of Topliss-reactive ketones (excluding diaryl/α,β-unsaturated/α-hetero) is 1. The van der Waals surface area contributed by atoms with Gasteiger partial charge in [-0.1, -0.05) is 20.8 Å². The molecule has 2 saturated carbocycles. The van der Waals surface area contributed by atoms with Crippen LogP contribution in [0.5, 0.6) is 0 Å². The number of fused-ring (bicyclic) bond motifs is 2. The fourth-order valence-electron chi connectivity index (χ4n) is 3.32. The van der Waals surface area contributed by atoms with Crippen LogP contribution in [0.2, 0.25) is 0 Å². The van der Waals surface area contributed by atoms with Gasteiger partial charge < -0.3 is 0 Å². The van der Waals surface area contributed by atoms with Gasteiger partial charge >= 0.3 is 0 Å². The van der Waals surface area contributed by atoms with E-state index in [9.17, 15) is 4.79 Å². The third-order valence-corrected chi connectivity index (χ3v) is 3.87. The minimum atomic E-state index is 0.316. The summed E-state index contributed by atoms with van der Waals surface area (Å²) in [5.74, 6) is 2.25. The largest absolute Gasteiger partial charge is 0.299 e. The number of hydrogen-bond donors (Lipinski definition) is 0. The average Bonchev–Trinajstić information content (AvgIpc) is 2.14. The van der Waals surface area contributed by atoms with E-state index in [2.05, 4.69) is 20.8 Å². The van der Waals surface area contributed by atoms with E-state index >= 15 is 0 Å². The Morgan fingerprint density at radius 1 is 1.45 bits per heavy atom. The first-order valence-electron chi connectivity index (χ1n) is 4.56. The summed E-state index contributed by atoms with van der Waals surface area (Å²) in [5, 5.41) is 0. The molecule has 0 aromatic rings. The van der Waals surface area contributed by atoms with Gasteiger partial charge in [0, 0.05) is 12.3 Å². The third-order valence-electron chi connectivity index (χ3n) is 3.87. The molecule has 3 atom stereocenters. The highest BCUT2D eigenvalue weighted by molar-refractivity contribution is 5.86. The molecule has 2 rings (SSSR count). The Bertz CT molecular complexity index is 205. The van der Waals surface area contributed by atoms with Gasteiger partial charge in [-0.25, -0.2) is 0 Å². The van der Waals surface area contributed by atoms with Gasteiger partial charge in [0.25, 0.3) is 0 Å². The van der Waals surface area contributed by atoms with Crippen molar-refractivity contribution < 1.29 is 4.79 Å². The lowest BCUT2D eigenvalue weighted by Crippen LogP contribution is -2.23. The Kier molecular flexibility index (Phi) is 1.25. The van der Waals surface area contributed by atoms with Crippen LogP contribution in [0.1, 0.15) is 33.6 Å².